The first kappa shape index (κ1) is 14.7. The van der Waals surface area contributed by atoms with E-state index in [1.807, 2.05) is 12.1 Å². The molecule has 0 aliphatic rings. The van der Waals surface area contributed by atoms with Gasteiger partial charge in [0, 0.05) is 6.04 Å². The van der Waals surface area contributed by atoms with Gasteiger partial charge >= 0.3 is 0 Å². The van der Waals surface area contributed by atoms with Crippen LogP contribution in [0.5, 0.6) is 0 Å². The minimum atomic E-state index is -0.211. The summed E-state index contributed by atoms with van der Waals surface area (Å²) in [5.41, 5.74) is 2.50. The lowest BCUT2D eigenvalue weighted by molar-refractivity contribution is 0.513. The van der Waals surface area contributed by atoms with Crippen LogP contribution < -0.4 is 5.32 Å². The molecule has 102 valence electrons. The van der Waals surface area contributed by atoms with Crippen LogP contribution in [0.1, 0.15) is 30.5 Å². The molecule has 0 fully saturated rings. The molecule has 4 heteroatoms. The number of thiophene rings is 1. The van der Waals surface area contributed by atoms with Gasteiger partial charge in [-0.25, -0.2) is 4.39 Å². The van der Waals surface area contributed by atoms with Crippen molar-refractivity contribution in [3.63, 3.8) is 0 Å². The van der Waals surface area contributed by atoms with Crippen LogP contribution in [0.25, 0.3) is 0 Å². The Hall–Kier alpha value is -0.710. The van der Waals surface area contributed by atoms with Crippen LogP contribution in [0.15, 0.2) is 39.5 Å². The molecule has 2 aromatic rings. The van der Waals surface area contributed by atoms with Crippen molar-refractivity contribution in [3.05, 3.63) is 56.4 Å². The Bertz CT molecular complexity index is 513. The highest BCUT2D eigenvalue weighted by Gasteiger charge is 2.12. The van der Waals surface area contributed by atoms with Gasteiger partial charge in [-0.05, 0) is 75.4 Å². The molecule has 0 bridgehead atoms. The molecule has 0 saturated heterocycles. The van der Waals surface area contributed by atoms with Crippen molar-refractivity contribution >= 4 is 27.3 Å². The summed E-state index contributed by atoms with van der Waals surface area (Å²) in [5.74, 6) is -0.211. The van der Waals surface area contributed by atoms with Crippen LogP contribution in [0.3, 0.4) is 0 Å². The zero-order valence-corrected chi connectivity index (χ0v) is 13.2. The van der Waals surface area contributed by atoms with E-state index < -0.39 is 0 Å². The van der Waals surface area contributed by atoms with E-state index in [9.17, 15) is 4.39 Å². The molecular formula is C15H17BrFNS. The maximum absolute atomic E-state index is 13.3. The SMILES string of the molecule is CCNC(CCc1ccsc1)c1ccc(F)c(Br)c1. The Morgan fingerprint density at radius 3 is 2.84 bits per heavy atom. The van der Waals surface area contributed by atoms with Crippen molar-refractivity contribution in [3.8, 4) is 0 Å². The van der Waals surface area contributed by atoms with Gasteiger partial charge in [-0.2, -0.15) is 11.3 Å². The first-order valence-corrected chi connectivity index (χ1v) is 8.13. The fourth-order valence-electron chi connectivity index (χ4n) is 2.11. The zero-order chi connectivity index (χ0) is 13.7. The number of benzene rings is 1. The Kier molecular flexibility index (Phi) is 5.55. The highest BCUT2D eigenvalue weighted by Crippen LogP contribution is 2.25. The number of aryl methyl sites for hydroxylation is 1. The van der Waals surface area contributed by atoms with Crippen molar-refractivity contribution in [2.45, 2.75) is 25.8 Å². The molecule has 0 radical (unpaired) electrons. The molecule has 19 heavy (non-hydrogen) atoms. The van der Waals surface area contributed by atoms with Crippen molar-refractivity contribution in [1.29, 1.82) is 0 Å². The summed E-state index contributed by atoms with van der Waals surface area (Å²) in [6.45, 7) is 3.00. The summed E-state index contributed by atoms with van der Waals surface area (Å²) < 4.78 is 13.8. The standard InChI is InChI=1S/C15H17BrFNS/c1-2-18-15(6-3-11-7-8-19-10-11)12-4-5-14(17)13(16)9-12/h4-5,7-10,15,18H,2-3,6H2,1H3. The van der Waals surface area contributed by atoms with E-state index in [4.69, 9.17) is 0 Å². The molecule has 1 atom stereocenters. The van der Waals surface area contributed by atoms with Crippen molar-refractivity contribution in [2.75, 3.05) is 6.54 Å². The minimum Gasteiger partial charge on any atom is -0.310 e. The second-order valence-electron chi connectivity index (χ2n) is 4.45. The third-order valence-corrected chi connectivity index (χ3v) is 4.44. The average Bonchev–Trinajstić information content (AvgIpc) is 2.91. The smallest absolute Gasteiger partial charge is 0.137 e. The summed E-state index contributed by atoms with van der Waals surface area (Å²) in [5, 5.41) is 7.76. The summed E-state index contributed by atoms with van der Waals surface area (Å²) in [6.07, 6.45) is 2.05. The van der Waals surface area contributed by atoms with Gasteiger partial charge in [0.2, 0.25) is 0 Å². The summed E-state index contributed by atoms with van der Waals surface area (Å²) in [6, 6.07) is 7.68. The Morgan fingerprint density at radius 2 is 2.21 bits per heavy atom. The van der Waals surface area contributed by atoms with Gasteiger partial charge in [-0.15, -0.1) is 0 Å². The molecule has 1 aromatic heterocycles. The molecule has 1 heterocycles. The van der Waals surface area contributed by atoms with E-state index >= 15 is 0 Å². The van der Waals surface area contributed by atoms with Crippen LogP contribution >= 0.6 is 27.3 Å². The molecule has 0 aliphatic heterocycles. The predicted molar refractivity (Wildman–Crippen MR) is 83.2 cm³/mol. The molecule has 1 aromatic carbocycles. The molecule has 0 aliphatic carbocycles. The van der Waals surface area contributed by atoms with Crippen molar-refractivity contribution in [1.82, 2.24) is 5.32 Å². The molecule has 0 amide bonds. The van der Waals surface area contributed by atoms with E-state index in [-0.39, 0.29) is 11.9 Å². The zero-order valence-electron chi connectivity index (χ0n) is 10.8. The van der Waals surface area contributed by atoms with Crippen LogP contribution in [0.4, 0.5) is 4.39 Å². The minimum absolute atomic E-state index is 0.211. The number of nitrogens with one attached hydrogen (secondary N) is 1. The molecule has 2 rings (SSSR count). The topological polar surface area (TPSA) is 12.0 Å². The maximum Gasteiger partial charge on any atom is 0.137 e. The molecule has 0 spiro atoms. The third-order valence-electron chi connectivity index (χ3n) is 3.10. The normalized spacial score (nSPS) is 12.6. The van der Waals surface area contributed by atoms with Gasteiger partial charge in [0.05, 0.1) is 4.47 Å². The fraction of sp³-hybridized carbons (Fsp3) is 0.333. The lowest BCUT2D eigenvalue weighted by Crippen LogP contribution is -2.21. The highest BCUT2D eigenvalue weighted by molar-refractivity contribution is 9.10. The molecule has 1 unspecified atom stereocenters. The number of hydrogen-bond donors (Lipinski definition) is 1. The van der Waals surface area contributed by atoms with Gasteiger partial charge in [-0.3, -0.25) is 0 Å². The van der Waals surface area contributed by atoms with E-state index in [0.717, 1.165) is 24.9 Å². The highest BCUT2D eigenvalue weighted by atomic mass is 79.9. The van der Waals surface area contributed by atoms with E-state index in [2.05, 4.69) is 45.0 Å². The van der Waals surface area contributed by atoms with Gasteiger partial charge in [0.15, 0.2) is 0 Å². The predicted octanol–water partition coefficient (Wildman–Crippen LogP) is 4.93. The number of halogens is 2. The van der Waals surface area contributed by atoms with Gasteiger partial charge in [0.25, 0.3) is 0 Å². The largest absolute Gasteiger partial charge is 0.310 e. The second kappa shape index (κ2) is 7.17. The first-order valence-electron chi connectivity index (χ1n) is 6.40. The number of rotatable bonds is 6. The Labute approximate surface area is 126 Å². The lowest BCUT2D eigenvalue weighted by atomic mass is 10.00. The Morgan fingerprint density at radius 1 is 1.37 bits per heavy atom. The van der Waals surface area contributed by atoms with Crippen LogP contribution in [-0.4, -0.2) is 6.54 Å². The fourth-order valence-corrected chi connectivity index (χ4v) is 3.21. The monoisotopic (exact) mass is 341 g/mol. The molecule has 0 saturated carbocycles. The van der Waals surface area contributed by atoms with Gasteiger partial charge in [-0.1, -0.05) is 13.0 Å². The van der Waals surface area contributed by atoms with E-state index in [0.29, 0.717) is 4.47 Å². The Balaban J connectivity index is 2.07. The number of hydrogen-bond acceptors (Lipinski definition) is 2. The molecule has 1 nitrogen and oxygen atoms in total. The quantitative estimate of drug-likeness (QED) is 0.785. The van der Waals surface area contributed by atoms with E-state index in [1.165, 1.54) is 11.6 Å². The van der Waals surface area contributed by atoms with Gasteiger partial charge in [0.1, 0.15) is 5.82 Å². The van der Waals surface area contributed by atoms with E-state index in [1.54, 1.807) is 11.3 Å². The average molecular weight is 342 g/mol. The molecule has 1 N–H and O–H groups in total. The van der Waals surface area contributed by atoms with Crippen LogP contribution in [-0.2, 0) is 6.42 Å². The van der Waals surface area contributed by atoms with Gasteiger partial charge < -0.3 is 5.32 Å². The maximum atomic E-state index is 13.3. The third kappa shape index (κ3) is 4.13. The summed E-state index contributed by atoms with van der Waals surface area (Å²) >= 11 is 4.98. The van der Waals surface area contributed by atoms with Crippen molar-refractivity contribution in [2.24, 2.45) is 0 Å². The lowest BCUT2D eigenvalue weighted by Gasteiger charge is -2.18. The summed E-state index contributed by atoms with van der Waals surface area (Å²) in [4.78, 5) is 0. The van der Waals surface area contributed by atoms with Crippen LogP contribution in [0, 0.1) is 5.82 Å². The molecular weight excluding hydrogens is 325 g/mol. The summed E-state index contributed by atoms with van der Waals surface area (Å²) in [7, 11) is 0. The first-order chi connectivity index (χ1) is 9.20. The van der Waals surface area contributed by atoms with Crippen LogP contribution in [0.2, 0.25) is 0 Å². The van der Waals surface area contributed by atoms with Crippen molar-refractivity contribution < 1.29 is 4.39 Å². The second-order valence-corrected chi connectivity index (χ2v) is 6.09.